The van der Waals surface area contributed by atoms with Crippen molar-refractivity contribution in [2.75, 3.05) is 20.2 Å². The number of amides is 1. The number of hydrogen-bond donors (Lipinski definition) is 1. The normalized spacial score (nSPS) is 18.9. The van der Waals surface area contributed by atoms with E-state index in [9.17, 15) is 4.79 Å². The van der Waals surface area contributed by atoms with E-state index in [1.807, 2.05) is 24.3 Å². The predicted octanol–water partition coefficient (Wildman–Crippen LogP) is 2.97. The number of methoxy groups -OCH3 is 1. The van der Waals surface area contributed by atoms with E-state index in [0.29, 0.717) is 19.0 Å². The molecule has 0 bridgehead atoms. The van der Waals surface area contributed by atoms with E-state index < -0.39 is 0 Å². The quantitative estimate of drug-likeness (QED) is 0.842. The van der Waals surface area contributed by atoms with Gasteiger partial charge in [0.15, 0.2) is 0 Å². The molecule has 1 aliphatic heterocycles. The summed E-state index contributed by atoms with van der Waals surface area (Å²) in [4.78, 5) is 14.6. The van der Waals surface area contributed by atoms with E-state index in [1.165, 1.54) is 25.7 Å². The summed E-state index contributed by atoms with van der Waals surface area (Å²) in [5.74, 6) is 0.941. The molecule has 0 radical (unpaired) electrons. The van der Waals surface area contributed by atoms with Crippen LogP contribution < -0.4 is 10.1 Å². The largest absolute Gasteiger partial charge is 0.496 e. The van der Waals surface area contributed by atoms with Crippen LogP contribution in [0.3, 0.4) is 0 Å². The molecule has 0 spiro atoms. The Morgan fingerprint density at radius 1 is 1.36 bits per heavy atom. The second-order valence-corrected chi connectivity index (χ2v) is 5.93. The Labute approximate surface area is 133 Å². The highest BCUT2D eigenvalue weighted by molar-refractivity contribution is 5.76. The van der Waals surface area contributed by atoms with E-state index >= 15 is 0 Å². The minimum Gasteiger partial charge on any atom is -0.496 e. The monoisotopic (exact) mass is 304 g/mol. The van der Waals surface area contributed by atoms with Crippen LogP contribution in [-0.4, -0.2) is 37.0 Å². The first kappa shape index (κ1) is 16.8. The molecule has 22 heavy (non-hydrogen) atoms. The van der Waals surface area contributed by atoms with Crippen LogP contribution in [-0.2, 0) is 11.3 Å². The zero-order valence-electron chi connectivity index (χ0n) is 13.8. The zero-order valence-corrected chi connectivity index (χ0v) is 13.8. The summed E-state index contributed by atoms with van der Waals surface area (Å²) in [7, 11) is 1.65. The van der Waals surface area contributed by atoms with Gasteiger partial charge in [0.05, 0.1) is 7.11 Å². The van der Waals surface area contributed by atoms with Crippen LogP contribution in [0.15, 0.2) is 24.3 Å². The minimum absolute atomic E-state index is 0.117. The smallest absolute Gasteiger partial charge is 0.221 e. The summed E-state index contributed by atoms with van der Waals surface area (Å²) in [6, 6.07) is 8.46. The molecule has 1 aliphatic rings. The third-order valence-corrected chi connectivity index (χ3v) is 4.51. The van der Waals surface area contributed by atoms with Gasteiger partial charge in [-0.1, -0.05) is 31.5 Å². The third kappa shape index (κ3) is 4.73. The van der Waals surface area contributed by atoms with Crippen molar-refractivity contribution in [1.29, 1.82) is 0 Å². The van der Waals surface area contributed by atoms with Gasteiger partial charge in [-0.15, -0.1) is 0 Å². The Morgan fingerprint density at radius 2 is 2.18 bits per heavy atom. The Bertz CT molecular complexity index is 476. The van der Waals surface area contributed by atoms with Crippen molar-refractivity contribution in [1.82, 2.24) is 10.2 Å². The van der Waals surface area contributed by atoms with Crippen LogP contribution in [0.2, 0.25) is 0 Å². The molecule has 0 aromatic heterocycles. The predicted molar refractivity (Wildman–Crippen MR) is 89.0 cm³/mol. The van der Waals surface area contributed by atoms with Gasteiger partial charge in [-0.05, 0) is 31.9 Å². The maximum absolute atomic E-state index is 12.1. The fraction of sp³-hybridized carbons (Fsp3) is 0.611. The molecule has 0 saturated carbocycles. The van der Waals surface area contributed by atoms with Gasteiger partial charge in [-0.25, -0.2) is 0 Å². The number of nitrogens with zero attached hydrogens (tertiary/aromatic N) is 1. The summed E-state index contributed by atoms with van der Waals surface area (Å²) in [5.41, 5.74) is 1.02. The van der Waals surface area contributed by atoms with Gasteiger partial charge in [-0.3, -0.25) is 9.69 Å². The maximum Gasteiger partial charge on any atom is 0.221 e. The molecule has 1 aromatic rings. The van der Waals surface area contributed by atoms with Crippen molar-refractivity contribution < 1.29 is 9.53 Å². The Morgan fingerprint density at radius 3 is 2.95 bits per heavy atom. The number of benzene rings is 1. The number of carbonyl (C=O) groups excluding carboxylic acids is 1. The number of likely N-dealkylation sites (tertiary alicyclic amines) is 1. The molecular formula is C18H28N2O2. The van der Waals surface area contributed by atoms with E-state index in [2.05, 4.69) is 17.1 Å². The van der Waals surface area contributed by atoms with Crippen LogP contribution >= 0.6 is 0 Å². The number of rotatable bonds is 7. The average molecular weight is 304 g/mol. The summed E-state index contributed by atoms with van der Waals surface area (Å²) in [5, 5.41) is 3.00. The molecule has 1 fully saturated rings. The van der Waals surface area contributed by atoms with Gasteiger partial charge >= 0.3 is 0 Å². The Balaban J connectivity index is 1.76. The van der Waals surface area contributed by atoms with Gasteiger partial charge in [0.25, 0.3) is 0 Å². The SMILES string of the molecule is CCC1CCCCN1CCC(=O)NCc1ccccc1OC. The standard InChI is InChI=1S/C18H28N2O2/c1-3-16-9-6-7-12-20(16)13-11-18(21)19-14-15-8-4-5-10-17(15)22-2/h4-5,8,10,16H,3,6-7,9,11-14H2,1-2H3,(H,19,21). The van der Waals surface area contributed by atoms with Crippen molar-refractivity contribution in [2.45, 2.75) is 51.6 Å². The molecule has 4 nitrogen and oxygen atoms in total. The fourth-order valence-electron chi connectivity index (χ4n) is 3.19. The lowest BCUT2D eigenvalue weighted by Crippen LogP contribution is -2.41. The first-order valence-electron chi connectivity index (χ1n) is 8.37. The lowest BCUT2D eigenvalue weighted by atomic mass is 10.00. The molecule has 1 N–H and O–H groups in total. The van der Waals surface area contributed by atoms with Crippen molar-refractivity contribution >= 4 is 5.91 Å². The van der Waals surface area contributed by atoms with Crippen molar-refractivity contribution in [3.05, 3.63) is 29.8 Å². The number of hydrogen-bond acceptors (Lipinski definition) is 3. The van der Waals surface area contributed by atoms with Crippen LogP contribution in [0.4, 0.5) is 0 Å². The number of ether oxygens (including phenoxy) is 1. The van der Waals surface area contributed by atoms with Crippen molar-refractivity contribution in [3.63, 3.8) is 0 Å². The van der Waals surface area contributed by atoms with Crippen LogP contribution in [0.25, 0.3) is 0 Å². The topological polar surface area (TPSA) is 41.6 Å². The highest BCUT2D eigenvalue weighted by atomic mass is 16.5. The summed E-state index contributed by atoms with van der Waals surface area (Å²) >= 11 is 0. The van der Waals surface area contributed by atoms with Crippen LogP contribution in [0, 0.1) is 0 Å². The van der Waals surface area contributed by atoms with Crippen LogP contribution in [0.5, 0.6) is 5.75 Å². The van der Waals surface area contributed by atoms with Crippen LogP contribution in [0.1, 0.15) is 44.6 Å². The number of carbonyl (C=O) groups is 1. The first-order valence-corrected chi connectivity index (χ1v) is 8.37. The average Bonchev–Trinajstić information content (AvgIpc) is 2.58. The minimum atomic E-state index is 0.117. The van der Waals surface area contributed by atoms with E-state index in [-0.39, 0.29) is 5.91 Å². The third-order valence-electron chi connectivity index (χ3n) is 4.51. The van der Waals surface area contributed by atoms with E-state index in [0.717, 1.165) is 24.4 Å². The Hall–Kier alpha value is -1.55. The number of nitrogens with one attached hydrogen (secondary N) is 1. The molecule has 1 heterocycles. The first-order chi connectivity index (χ1) is 10.7. The number of piperidine rings is 1. The molecule has 1 atom stereocenters. The molecule has 1 amide bonds. The van der Waals surface area contributed by atoms with Gasteiger partial charge in [0, 0.05) is 31.1 Å². The van der Waals surface area contributed by atoms with Gasteiger partial charge in [0.1, 0.15) is 5.75 Å². The summed E-state index contributed by atoms with van der Waals surface area (Å²) < 4.78 is 5.30. The summed E-state index contributed by atoms with van der Waals surface area (Å²) in [6.07, 6.45) is 5.63. The van der Waals surface area contributed by atoms with E-state index in [1.54, 1.807) is 7.11 Å². The van der Waals surface area contributed by atoms with Gasteiger partial charge < -0.3 is 10.1 Å². The molecule has 1 saturated heterocycles. The lowest BCUT2D eigenvalue weighted by molar-refractivity contribution is -0.121. The lowest BCUT2D eigenvalue weighted by Gasteiger charge is -2.35. The zero-order chi connectivity index (χ0) is 15.8. The molecule has 4 heteroatoms. The second-order valence-electron chi connectivity index (χ2n) is 5.93. The summed E-state index contributed by atoms with van der Waals surface area (Å²) in [6.45, 7) is 4.78. The number of para-hydroxylation sites is 1. The molecule has 0 aliphatic carbocycles. The molecular weight excluding hydrogens is 276 g/mol. The Kier molecular flexibility index (Phi) is 6.72. The van der Waals surface area contributed by atoms with Gasteiger partial charge in [0.2, 0.25) is 5.91 Å². The second kappa shape index (κ2) is 8.79. The molecule has 1 unspecified atom stereocenters. The van der Waals surface area contributed by atoms with Crippen molar-refractivity contribution in [3.8, 4) is 5.75 Å². The van der Waals surface area contributed by atoms with Crippen molar-refractivity contribution in [2.24, 2.45) is 0 Å². The van der Waals surface area contributed by atoms with E-state index in [4.69, 9.17) is 4.74 Å². The molecule has 122 valence electrons. The fourth-order valence-corrected chi connectivity index (χ4v) is 3.19. The highest BCUT2D eigenvalue weighted by Crippen LogP contribution is 2.19. The van der Waals surface area contributed by atoms with Gasteiger partial charge in [-0.2, -0.15) is 0 Å². The maximum atomic E-state index is 12.1. The molecule has 1 aromatic carbocycles. The molecule has 2 rings (SSSR count). The highest BCUT2D eigenvalue weighted by Gasteiger charge is 2.20.